The molecule has 3 heterocycles. The minimum atomic E-state index is -0.205. The Kier molecular flexibility index (Phi) is 3.18. The molecule has 2 N–H and O–H groups in total. The van der Waals surface area contributed by atoms with Crippen LogP contribution in [-0.4, -0.2) is 34.0 Å². The van der Waals surface area contributed by atoms with Crippen molar-refractivity contribution >= 4 is 28.4 Å². The van der Waals surface area contributed by atoms with Crippen LogP contribution in [0.1, 0.15) is 47.8 Å². The molecule has 0 saturated heterocycles. The number of carbonyl (C=O) groups is 2. The second-order valence-electron chi connectivity index (χ2n) is 6.06. The molecule has 0 radical (unpaired) electrons. The predicted molar refractivity (Wildman–Crippen MR) is 87.2 cm³/mol. The summed E-state index contributed by atoms with van der Waals surface area (Å²) in [6.07, 6.45) is 2.44. The van der Waals surface area contributed by atoms with Crippen LogP contribution in [0.3, 0.4) is 0 Å². The van der Waals surface area contributed by atoms with Crippen molar-refractivity contribution in [3.63, 3.8) is 0 Å². The number of aromatic amines is 1. The van der Waals surface area contributed by atoms with Gasteiger partial charge < -0.3 is 9.88 Å². The van der Waals surface area contributed by atoms with Crippen molar-refractivity contribution in [3.05, 3.63) is 35.0 Å². The van der Waals surface area contributed by atoms with Gasteiger partial charge in [0.1, 0.15) is 0 Å². The zero-order chi connectivity index (χ0) is 16.0. The van der Waals surface area contributed by atoms with Crippen LogP contribution in [0, 0.1) is 0 Å². The Labute approximate surface area is 133 Å². The van der Waals surface area contributed by atoms with E-state index in [4.69, 9.17) is 0 Å². The first-order chi connectivity index (χ1) is 11.2. The molecule has 1 aromatic heterocycles. The monoisotopic (exact) mass is 310 g/mol. The van der Waals surface area contributed by atoms with Gasteiger partial charge in [-0.25, -0.2) is 5.43 Å². The van der Waals surface area contributed by atoms with E-state index >= 15 is 0 Å². The second-order valence-corrected chi connectivity index (χ2v) is 6.06. The molecule has 2 aliphatic rings. The van der Waals surface area contributed by atoms with E-state index in [-0.39, 0.29) is 11.8 Å². The quantitative estimate of drug-likeness (QED) is 0.911. The van der Waals surface area contributed by atoms with Crippen LogP contribution in [0.15, 0.2) is 23.3 Å². The number of hydrogen-bond acceptors (Lipinski definition) is 3. The molecule has 2 aliphatic heterocycles. The first kappa shape index (κ1) is 14.0. The van der Waals surface area contributed by atoms with Crippen LogP contribution in [0.4, 0.5) is 0 Å². The summed E-state index contributed by atoms with van der Waals surface area (Å²) in [5, 5.41) is 5.18. The molecule has 1 aromatic carbocycles. The normalized spacial score (nSPS) is 16.1. The molecule has 2 aromatic rings. The van der Waals surface area contributed by atoms with Crippen molar-refractivity contribution in [2.75, 3.05) is 6.54 Å². The molecule has 23 heavy (non-hydrogen) atoms. The molecule has 0 fully saturated rings. The SMILES string of the molecule is CCCCC(=O)N1CC2=NNC(=O)c3cccc4[nH]c(c2c34)C1. The molecule has 0 bridgehead atoms. The molecular formula is C17H18N4O2. The molecule has 4 rings (SSSR count). The smallest absolute Gasteiger partial charge is 0.272 e. The number of amides is 2. The lowest BCUT2D eigenvalue weighted by Crippen LogP contribution is -2.40. The average molecular weight is 310 g/mol. The van der Waals surface area contributed by atoms with E-state index in [1.807, 2.05) is 23.1 Å². The molecule has 6 heteroatoms. The average Bonchev–Trinajstić information content (AvgIpc) is 2.88. The van der Waals surface area contributed by atoms with Crippen molar-refractivity contribution in [2.24, 2.45) is 5.10 Å². The van der Waals surface area contributed by atoms with E-state index in [0.717, 1.165) is 40.7 Å². The number of nitrogens with zero attached hydrogens (tertiary/aromatic N) is 2. The van der Waals surface area contributed by atoms with Gasteiger partial charge in [0, 0.05) is 28.6 Å². The maximum atomic E-state index is 12.4. The third-order valence-corrected chi connectivity index (χ3v) is 4.51. The molecule has 118 valence electrons. The van der Waals surface area contributed by atoms with Gasteiger partial charge >= 0.3 is 0 Å². The zero-order valence-electron chi connectivity index (χ0n) is 13.0. The maximum Gasteiger partial charge on any atom is 0.272 e. The highest BCUT2D eigenvalue weighted by Gasteiger charge is 2.31. The number of hydrazone groups is 1. The lowest BCUT2D eigenvalue weighted by atomic mass is 9.98. The third-order valence-electron chi connectivity index (χ3n) is 4.51. The summed E-state index contributed by atoms with van der Waals surface area (Å²) < 4.78 is 0. The van der Waals surface area contributed by atoms with Gasteiger partial charge in [-0.05, 0) is 18.6 Å². The number of hydrogen-bond donors (Lipinski definition) is 2. The van der Waals surface area contributed by atoms with Crippen LogP contribution in [-0.2, 0) is 11.3 Å². The van der Waals surface area contributed by atoms with Gasteiger partial charge in [0.25, 0.3) is 5.91 Å². The van der Waals surface area contributed by atoms with Crippen LogP contribution in [0.25, 0.3) is 10.9 Å². The van der Waals surface area contributed by atoms with Crippen molar-refractivity contribution in [2.45, 2.75) is 32.7 Å². The predicted octanol–water partition coefficient (Wildman–Crippen LogP) is 2.15. The van der Waals surface area contributed by atoms with E-state index < -0.39 is 0 Å². The first-order valence-corrected chi connectivity index (χ1v) is 7.97. The highest BCUT2D eigenvalue weighted by atomic mass is 16.2. The zero-order valence-corrected chi connectivity index (χ0v) is 13.0. The van der Waals surface area contributed by atoms with E-state index in [9.17, 15) is 9.59 Å². The lowest BCUT2D eigenvalue weighted by Gasteiger charge is -2.28. The minimum absolute atomic E-state index is 0.134. The Morgan fingerprint density at radius 2 is 2.22 bits per heavy atom. The van der Waals surface area contributed by atoms with E-state index in [0.29, 0.717) is 25.1 Å². The number of aromatic nitrogens is 1. The Morgan fingerprint density at radius 1 is 1.35 bits per heavy atom. The molecule has 0 spiro atoms. The molecular weight excluding hydrogens is 292 g/mol. The minimum Gasteiger partial charge on any atom is -0.356 e. The fourth-order valence-electron chi connectivity index (χ4n) is 3.37. The van der Waals surface area contributed by atoms with Gasteiger partial charge in [-0.3, -0.25) is 9.59 Å². The maximum absolute atomic E-state index is 12.4. The third kappa shape index (κ3) is 2.13. The summed E-state index contributed by atoms with van der Waals surface area (Å²) in [6.45, 7) is 3.06. The summed E-state index contributed by atoms with van der Waals surface area (Å²) in [7, 11) is 0. The van der Waals surface area contributed by atoms with Crippen molar-refractivity contribution < 1.29 is 9.59 Å². The highest BCUT2D eigenvalue weighted by Crippen LogP contribution is 2.32. The van der Waals surface area contributed by atoms with Crippen molar-refractivity contribution in [1.29, 1.82) is 0 Å². The topological polar surface area (TPSA) is 77.6 Å². The number of carbonyl (C=O) groups excluding carboxylic acids is 2. The number of nitrogens with one attached hydrogen (secondary N) is 2. The van der Waals surface area contributed by atoms with Gasteiger partial charge in [-0.2, -0.15) is 5.10 Å². The standard InChI is InChI=1S/C17H18N4O2/c1-2-3-7-14(22)21-8-12-16-13(9-21)19-20-17(23)10-5-4-6-11(18-12)15(10)16/h4-6,18H,2-3,7-9H2,1H3,(H,20,23). The Balaban J connectivity index is 1.81. The van der Waals surface area contributed by atoms with Crippen LogP contribution < -0.4 is 5.43 Å². The summed E-state index contributed by atoms with van der Waals surface area (Å²) >= 11 is 0. The largest absolute Gasteiger partial charge is 0.356 e. The molecule has 0 aliphatic carbocycles. The Morgan fingerprint density at radius 3 is 3.04 bits per heavy atom. The molecule has 6 nitrogen and oxygen atoms in total. The van der Waals surface area contributed by atoms with Crippen molar-refractivity contribution in [3.8, 4) is 0 Å². The molecule has 0 unspecified atom stereocenters. The van der Waals surface area contributed by atoms with Crippen LogP contribution in [0.5, 0.6) is 0 Å². The fourth-order valence-corrected chi connectivity index (χ4v) is 3.37. The van der Waals surface area contributed by atoms with E-state index in [1.54, 1.807) is 0 Å². The number of H-pyrrole nitrogens is 1. The second kappa shape index (κ2) is 5.22. The molecule has 2 amide bonds. The Hall–Kier alpha value is -2.63. The fraction of sp³-hybridized carbons (Fsp3) is 0.353. The number of rotatable bonds is 3. The van der Waals surface area contributed by atoms with Gasteiger partial charge in [-0.15, -0.1) is 0 Å². The summed E-state index contributed by atoms with van der Waals surface area (Å²) in [5.74, 6) is -0.0715. The lowest BCUT2D eigenvalue weighted by molar-refractivity contribution is -0.131. The number of benzene rings is 1. The first-order valence-electron chi connectivity index (χ1n) is 7.97. The summed E-state index contributed by atoms with van der Waals surface area (Å²) in [5.41, 5.74) is 6.83. The summed E-state index contributed by atoms with van der Waals surface area (Å²) in [6, 6.07) is 5.62. The van der Waals surface area contributed by atoms with Gasteiger partial charge in [-0.1, -0.05) is 19.4 Å². The van der Waals surface area contributed by atoms with E-state index in [2.05, 4.69) is 22.4 Å². The highest BCUT2D eigenvalue weighted by molar-refractivity contribution is 6.21. The molecule has 0 atom stereocenters. The Bertz CT molecular complexity index is 850. The van der Waals surface area contributed by atoms with Gasteiger partial charge in [0.2, 0.25) is 5.91 Å². The van der Waals surface area contributed by atoms with E-state index in [1.165, 1.54) is 0 Å². The van der Waals surface area contributed by atoms with Gasteiger partial charge in [0.15, 0.2) is 0 Å². The summed E-state index contributed by atoms with van der Waals surface area (Å²) in [4.78, 5) is 29.8. The number of unbranched alkanes of at least 4 members (excludes halogenated alkanes) is 1. The molecule has 0 saturated carbocycles. The van der Waals surface area contributed by atoms with Crippen LogP contribution in [0.2, 0.25) is 0 Å². The van der Waals surface area contributed by atoms with Gasteiger partial charge in [0.05, 0.1) is 24.4 Å². The van der Waals surface area contributed by atoms with Crippen LogP contribution >= 0.6 is 0 Å². The van der Waals surface area contributed by atoms with Crippen molar-refractivity contribution in [1.82, 2.24) is 15.3 Å².